The standard InChI is InChI=1S/C13H15BrN2O2/c14-10-2-1-8(5-12(10)17)13(18)16-4-3-9-6-15-7-11(9)16/h1-2,5,9,11,15,17H,3-4,6-7H2/t9-,11+/m0/s1. The Hall–Kier alpha value is -1.07. The molecule has 2 aliphatic heterocycles. The predicted octanol–water partition coefficient (Wildman–Crippen LogP) is 1.59. The Morgan fingerprint density at radius 2 is 2.28 bits per heavy atom. The highest BCUT2D eigenvalue weighted by Gasteiger charge is 2.40. The number of phenolic OH excluding ortho intramolecular Hbond substituents is 1. The zero-order valence-electron chi connectivity index (χ0n) is 9.90. The average molecular weight is 311 g/mol. The number of halogens is 1. The molecular weight excluding hydrogens is 296 g/mol. The largest absolute Gasteiger partial charge is 0.507 e. The first-order chi connectivity index (χ1) is 8.66. The minimum absolute atomic E-state index is 0.0222. The molecule has 2 N–H and O–H groups in total. The van der Waals surface area contributed by atoms with Gasteiger partial charge < -0.3 is 15.3 Å². The molecule has 96 valence electrons. The number of nitrogens with one attached hydrogen (secondary N) is 1. The first-order valence-electron chi connectivity index (χ1n) is 6.17. The van der Waals surface area contributed by atoms with E-state index in [1.807, 2.05) is 4.90 Å². The minimum atomic E-state index is 0.0222. The number of likely N-dealkylation sites (tertiary alicyclic amines) is 1. The lowest BCUT2D eigenvalue weighted by atomic mass is 10.0. The first kappa shape index (κ1) is 12.0. The molecule has 2 fully saturated rings. The fraction of sp³-hybridized carbons (Fsp3) is 0.462. The molecule has 4 nitrogen and oxygen atoms in total. The molecule has 2 heterocycles. The van der Waals surface area contributed by atoms with E-state index in [4.69, 9.17) is 0 Å². The molecule has 0 aromatic heterocycles. The van der Waals surface area contributed by atoms with Crippen molar-refractivity contribution in [3.05, 3.63) is 28.2 Å². The smallest absolute Gasteiger partial charge is 0.254 e. The zero-order valence-corrected chi connectivity index (χ0v) is 11.5. The van der Waals surface area contributed by atoms with E-state index < -0.39 is 0 Å². The van der Waals surface area contributed by atoms with E-state index in [1.54, 1.807) is 12.1 Å². The van der Waals surface area contributed by atoms with Crippen LogP contribution in [0.4, 0.5) is 0 Å². The van der Waals surface area contributed by atoms with Crippen molar-refractivity contribution in [2.24, 2.45) is 5.92 Å². The fourth-order valence-corrected chi connectivity index (χ4v) is 3.16. The maximum absolute atomic E-state index is 12.4. The van der Waals surface area contributed by atoms with Gasteiger partial charge in [-0.25, -0.2) is 0 Å². The summed E-state index contributed by atoms with van der Waals surface area (Å²) >= 11 is 3.22. The van der Waals surface area contributed by atoms with Crippen LogP contribution >= 0.6 is 15.9 Å². The number of rotatable bonds is 1. The highest BCUT2D eigenvalue weighted by atomic mass is 79.9. The van der Waals surface area contributed by atoms with E-state index in [1.165, 1.54) is 6.07 Å². The van der Waals surface area contributed by atoms with Gasteiger partial charge in [0, 0.05) is 31.2 Å². The molecule has 1 amide bonds. The minimum Gasteiger partial charge on any atom is -0.507 e. The summed E-state index contributed by atoms with van der Waals surface area (Å²) in [5.41, 5.74) is 0.559. The number of carbonyl (C=O) groups excluding carboxylic acids is 1. The fourth-order valence-electron chi connectivity index (χ4n) is 2.91. The van der Waals surface area contributed by atoms with Gasteiger partial charge in [0.2, 0.25) is 0 Å². The molecule has 0 unspecified atom stereocenters. The number of fused-ring (bicyclic) bond motifs is 1. The SMILES string of the molecule is O=C(c1ccc(Br)c(O)c1)N1CC[C@H]2CNC[C@H]21. The third-order valence-electron chi connectivity index (χ3n) is 3.90. The highest BCUT2D eigenvalue weighted by molar-refractivity contribution is 9.10. The Morgan fingerprint density at radius 1 is 1.44 bits per heavy atom. The summed E-state index contributed by atoms with van der Waals surface area (Å²) in [4.78, 5) is 14.4. The second kappa shape index (κ2) is 4.55. The van der Waals surface area contributed by atoms with Crippen molar-refractivity contribution < 1.29 is 9.90 Å². The van der Waals surface area contributed by atoms with Crippen LogP contribution in [0, 0.1) is 5.92 Å². The third kappa shape index (κ3) is 1.91. The Kier molecular flexibility index (Phi) is 3.03. The van der Waals surface area contributed by atoms with Gasteiger partial charge in [-0.3, -0.25) is 4.79 Å². The summed E-state index contributed by atoms with van der Waals surface area (Å²) in [5, 5.41) is 13.0. The van der Waals surface area contributed by atoms with Gasteiger partial charge in [-0.05, 0) is 46.5 Å². The van der Waals surface area contributed by atoms with E-state index >= 15 is 0 Å². The summed E-state index contributed by atoms with van der Waals surface area (Å²) < 4.78 is 0.612. The molecule has 0 spiro atoms. The summed E-state index contributed by atoms with van der Waals surface area (Å²) in [5.74, 6) is 0.730. The second-order valence-corrected chi connectivity index (χ2v) is 5.79. The highest BCUT2D eigenvalue weighted by Crippen LogP contribution is 2.30. The van der Waals surface area contributed by atoms with Crippen LogP contribution in [-0.4, -0.2) is 41.6 Å². The van der Waals surface area contributed by atoms with Crippen LogP contribution in [0.3, 0.4) is 0 Å². The van der Waals surface area contributed by atoms with Gasteiger partial charge in [0.25, 0.3) is 5.91 Å². The van der Waals surface area contributed by atoms with Crippen LogP contribution in [0.2, 0.25) is 0 Å². The lowest BCUT2D eigenvalue weighted by molar-refractivity contribution is 0.0736. The Balaban J connectivity index is 1.84. The lowest BCUT2D eigenvalue weighted by Gasteiger charge is -2.23. The van der Waals surface area contributed by atoms with E-state index in [0.717, 1.165) is 26.1 Å². The monoisotopic (exact) mass is 310 g/mol. The topological polar surface area (TPSA) is 52.6 Å². The molecule has 5 heteroatoms. The van der Waals surface area contributed by atoms with Gasteiger partial charge >= 0.3 is 0 Å². The molecule has 1 aromatic carbocycles. The van der Waals surface area contributed by atoms with Crippen LogP contribution in [0.1, 0.15) is 16.8 Å². The van der Waals surface area contributed by atoms with Crippen molar-refractivity contribution in [2.45, 2.75) is 12.5 Å². The molecule has 18 heavy (non-hydrogen) atoms. The second-order valence-electron chi connectivity index (χ2n) is 4.94. The van der Waals surface area contributed by atoms with Gasteiger partial charge in [0.15, 0.2) is 0 Å². The maximum Gasteiger partial charge on any atom is 0.254 e. The van der Waals surface area contributed by atoms with E-state index in [2.05, 4.69) is 21.2 Å². The Bertz CT molecular complexity index is 492. The van der Waals surface area contributed by atoms with E-state index in [-0.39, 0.29) is 11.7 Å². The average Bonchev–Trinajstić information content (AvgIpc) is 2.93. The normalized spacial score (nSPS) is 26.4. The van der Waals surface area contributed by atoms with Gasteiger partial charge in [0.05, 0.1) is 4.47 Å². The quantitative estimate of drug-likeness (QED) is 0.828. The van der Waals surface area contributed by atoms with Crippen LogP contribution in [0.25, 0.3) is 0 Å². The molecule has 0 radical (unpaired) electrons. The van der Waals surface area contributed by atoms with Crippen molar-refractivity contribution in [1.82, 2.24) is 10.2 Å². The third-order valence-corrected chi connectivity index (χ3v) is 4.57. The number of hydrogen-bond donors (Lipinski definition) is 2. The molecule has 3 rings (SSSR count). The van der Waals surface area contributed by atoms with Crippen LogP contribution < -0.4 is 5.32 Å². The molecule has 0 bridgehead atoms. The van der Waals surface area contributed by atoms with Crippen LogP contribution in [0.15, 0.2) is 22.7 Å². The molecule has 2 aliphatic rings. The number of phenols is 1. The summed E-state index contributed by atoms with van der Waals surface area (Å²) in [6, 6.07) is 5.32. The molecule has 2 saturated heterocycles. The number of aromatic hydroxyl groups is 1. The van der Waals surface area contributed by atoms with Crippen molar-refractivity contribution in [1.29, 1.82) is 0 Å². The molecule has 0 aliphatic carbocycles. The zero-order chi connectivity index (χ0) is 12.7. The van der Waals surface area contributed by atoms with Gasteiger partial charge in [-0.1, -0.05) is 0 Å². The van der Waals surface area contributed by atoms with Crippen molar-refractivity contribution in [3.63, 3.8) is 0 Å². The molecule has 0 saturated carbocycles. The maximum atomic E-state index is 12.4. The summed E-state index contributed by atoms with van der Waals surface area (Å²) in [6.45, 7) is 2.73. The van der Waals surface area contributed by atoms with Gasteiger partial charge in [-0.2, -0.15) is 0 Å². The first-order valence-corrected chi connectivity index (χ1v) is 6.96. The number of nitrogens with zero attached hydrogens (tertiary/aromatic N) is 1. The van der Waals surface area contributed by atoms with Crippen molar-refractivity contribution in [2.75, 3.05) is 19.6 Å². The number of carbonyl (C=O) groups is 1. The molecule has 1 aromatic rings. The number of hydrogen-bond acceptors (Lipinski definition) is 3. The van der Waals surface area contributed by atoms with Crippen LogP contribution in [-0.2, 0) is 0 Å². The summed E-state index contributed by atoms with van der Waals surface area (Å²) in [7, 11) is 0. The summed E-state index contributed by atoms with van der Waals surface area (Å²) in [6.07, 6.45) is 1.08. The van der Waals surface area contributed by atoms with E-state index in [9.17, 15) is 9.90 Å². The molecular formula is C13H15BrN2O2. The van der Waals surface area contributed by atoms with Crippen LogP contribution in [0.5, 0.6) is 5.75 Å². The molecule has 2 atom stereocenters. The van der Waals surface area contributed by atoms with Gasteiger partial charge in [0.1, 0.15) is 5.75 Å². The number of benzene rings is 1. The van der Waals surface area contributed by atoms with Gasteiger partial charge in [-0.15, -0.1) is 0 Å². The van der Waals surface area contributed by atoms with E-state index in [0.29, 0.717) is 22.0 Å². The number of amides is 1. The predicted molar refractivity (Wildman–Crippen MR) is 71.6 cm³/mol. The van der Waals surface area contributed by atoms with Crippen molar-refractivity contribution in [3.8, 4) is 5.75 Å². The Morgan fingerprint density at radius 3 is 3.06 bits per heavy atom. The Labute approximate surface area is 114 Å². The lowest BCUT2D eigenvalue weighted by Crippen LogP contribution is -2.39. The van der Waals surface area contributed by atoms with Crippen molar-refractivity contribution >= 4 is 21.8 Å².